The van der Waals surface area contributed by atoms with Crippen LogP contribution in [0.3, 0.4) is 0 Å². The van der Waals surface area contributed by atoms with Gasteiger partial charge in [0.15, 0.2) is 0 Å². The smallest absolute Gasteiger partial charge is 0.230 e. The van der Waals surface area contributed by atoms with Crippen LogP contribution in [0, 0.1) is 12.8 Å². The first kappa shape index (κ1) is 12.2. The SMILES string of the molecule is Cc1cc(NC(=O)[C@H]2CC2(Cl)Cl)ccc1Br. The van der Waals surface area contributed by atoms with Crippen LogP contribution in [0.5, 0.6) is 0 Å². The van der Waals surface area contributed by atoms with Gasteiger partial charge in [0.05, 0.1) is 5.92 Å². The maximum atomic E-state index is 11.7. The lowest BCUT2D eigenvalue weighted by Crippen LogP contribution is -2.16. The van der Waals surface area contributed by atoms with Gasteiger partial charge in [-0.3, -0.25) is 4.79 Å². The van der Waals surface area contributed by atoms with Crippen LogP contribution in [0.25, 0.3) is 0 Å². The summed E-state index contributed by atoms with van der Waals surface area (Å²) >= 11 is 15.0. The maximum absolute atomic E-state index is 11.7. The molecule has 1 aliphatic rings. The molecule has 0 heterocycles. The van der Waals surface area contributed by atoms with Crippen molar-refractivity contribution in [1.82, 2.24) is 0 Å². The maximum Gasteiger partial charge on any atom is 0.230 e. The molecule has 2 nitrogen and oxygen atoms in total. The first-order chi connectivity index (χ1) is 7.40. The van der Waals surface area contributed by atoms with Crippen LogP contribution >= 0.6 is 39.1 Å². The molecule has 1 atom stereocenters. The molecule has 0 aromatic heterocycles. The summed E-state index contributed by atoms with van der Waals surface area (Å²) in [6, 6.07) is 5.63. The molecular formula is C11H10BrCl2NO. The summed E-state index contributed by atoms with van der Waals surface area (Å²) in [5.74, 6) is -0.411. The number of aryl methyl sites for hydroxylation is 1. The number of hydrogen-bond acceptors (Lipinski definition) is 1. The number of anilines is 1. The zero-order valence-electron chi connectivity index (χ0n) is 8.56. The third kappa shape index (κ3) is 2.53. The van der Waals surface area contributed by atoms with E-state index in [1.807, 2.05) is 25.1 Å². The van der Waals surface area contributed by atoms with Crippen LogP contribution in [0.4, 0.5) is 5.69 Å². The number of amides is 1. The Bertz CT molecular complexity index is 448. The molecule has 2 rings (SSSR count). The summed E-state index contributed by atoms with van der Waals surface area (Å²) in [5, 5.41) is 2.80. The van der Waals surface area contributed by atoms with Crippen molar-refractivity contribution in [2.24, 2.45) is 5.92 Å². The van der Waals surface area contributed by atoms with Gasteiger partial charge in [-0.1, -0.05) is 15.9 Å². The molecule has 0 bridgehead atoms. The minimum atomic E-state index is -0.867. The minimum Gasteiger partial charge on any atom is -0.326 e. The molecule has 1 aromatic rings. The van der Waals surface area contributed by atoms with E-state index >= 15 is 0 Å². The highest BCUT2D eigenvalue weighted by Gasteiger charge is 2.56. The van der Waals surface area contributed by atoms with Crippen LogP contribution in [-0.4, -0.2) is 10.2 Å². The highest BCUT2D eigenvalue weighted by atomic mass is 79.9. The third-order valence-electron chi connectivity index (χ3n) is 2.57. The largest absolute Gasteiger partial charge is 0.326 e. The molecule has 1 saturated carbocycles. The van der Waals surface area contributed by atoms with Gasteiger partial charge in [-0.05, 0) is 37.1 Å². The normalized spacial score (nSPS) is 21.6. The molecule has 0 radical (unpaired) electrons. The number of carbonyl (C=O) groups excluding carboxylic acids is 1. The molecule has 0 saturated heterocycles. The molecule has 1 amide bonds. The Kier molecular flexibility index (Phi) is 3.21. The summed E-state index contributed by atoms with van der Waals surface area (Å²) in [4.78, 5) is 11.7. The summed E-state index contributed by atoms with van der Waals surface area (Å²) in [5.41, 5.74) is 1.83. The van der Waals surface area contributed by atoms with Gasteiger partial charge in [0.1, 0.15) is 4.33 Å². The number of benzene rings is 1. The Labute approximate surface area is 112 Å². The molecule has 0 spiro atoms. The lowest BCUT2D eigenvalue weighted by atomic mass is 10.2. The molecule has 1 fully saturated rings. The number of hydrogen-bond donors (Lipinski definition) is 1. The number of carbonyl (C=O) groups is 1. The van der Waals surface area contributed by atoms with Gasteiger partial charge in [0.25, 0.3) is 0 Å². The van der Waals surface area contributed by atoms with Gasteiger partial charge < -0.3 is 5.32 Å². The second-order valence-electron chi connectivity index (χ2n) is 3.97. The molecule has 0 aliphatic heterocycles. The second-order valence-corrected chi connectivity index (χ2v) is 6.37. The second kappa shape index (κ2) is 4.21. The Morgan fingerprint density at radius 3 is 2.69 bits per heavy atom. The number of rotatable bonds is 2. The summed E-state index contributed by atoms with van der Waals surface area (Å²) in [7, 11) is 0. The topological polar surface area (TPSA) is 29.1 Å². The fourth-order valence-electron chi connectivity index (χ4n) is 1.45. The first-order valence-corrected chi connectivity index (χ1v) is 6.40. The third-order valence-corrected chi connectivity index (χ3v) is 4.29. The zero-order chi connectivity index (χ0) is 11.9. The quantitative estimate of drug-likeness (QED) is 0.822. The number of halogens is 3. The van der Waals surface area contributed by atoms with Crippen LogP contribution in [0.2, 0.25) is 0 Å². The Balaban J connectivity index is 2.05. The predicted molar refractivity (Wildman–Crippen MR) is 70.1 cm³/mol. The Morgan fingerprint density at radius 1 is 1.56 bits per heavy atom. The lowest BCUT2D eigenvalue weighted by Gasteiger charge is -2.07. The van der Waals surface area contributed by atoms with E-state index in [2.05, 4.69) is 21.2 Å². The highest BCUT2D eigenvalue weighted by molar-refractivity contribution is 9.10. The van der Waals surface area contributed by atoms with Gasteiger partial charge in [-0.15, -0.1) is 23.2 Å². The van der Waals surface area contributed by atoms with Crippen LogP contribution in [-0.2, 0) is 4.79 Å². The van der Waals surface area contributed by atoms with Crippen molar-refractivity contribution in [3.63, 3.8) is 0 Å². The summed E-state index contributed by atoms with van der Waals surface area (Å²) < 4.78 is 0.148. The molecule has 0 unspecified atom stereocenters. The minimum absolute atomic E-state index is 0.119. The fraction of sp³-hybridized carbons (Fsp3) is 0.364. The van der Waals surface area contributed by atoms with Crippen molar-refractivity contribution in [1.29, 1.82) is 0 Å². The van der Waals surface area contributed by atoms with E-state index in [4.69, 9.17) is 23.2 Å². The fourth-order valence-corrected chi connectivity index (χ4v) is 2.20. The average Bonchev–Trinajstić information content (AvgIpc) is 2.82. The average molecular weight is 323 g/mol. The molecule has 86 valence electrons. The van der Waals surface area contributed by atoms with Crippen molar-refractivity contribution < 1.29 is 4.79 Å². The first-order valence-electron chi connectivity index (χ1n) is 4.85. The molecule has 5 heteroatoms. The zero-order valence-corrected chi connectivity index (χ0v) is 11.7. The molecular weight excluding hydrogens is 313 g/mol. The van der Waals surface area contributed by atoms with Gasteiger partial charge in [0.2, 0.25) is 5.91 Å². The van der Waals surface area contributed by atoms with E-state index in [1.54, 1.807) is 0 Å². The van der Waals surface area contributed by atoms with E-state index in [0.717, 1.165) is 15.7 Å². The van der Waals surface area contributed by atoms with Crippen LogP contribution in [0.15, 0.2) is 22.7 Å². The van der Waals surface area contributed by atoms with Crippen molar-refractivity contribution in [2.45, 2.75) is 17.7 Å². The predicted octanol–water partition coefficient (Wildman–Crippen LogP) is 3.89. The Morgan fingerprint density at radius 2 is 2.19 bits per heavy atom. The molecule has 1 aliphatic carbocycles. The van der Waals surface area contributed by atoms with Crippen molar-refractivity contribution >= 4 is 50.7 Å². The number of alkyl halides is 2. The summed E-state index contributed by atoms with van der Waals surface area (Å²) in [6.07, 6.45) is 0.525. The van der Waals surface area contributed by atoms with Crippen LogP contribution in [0.1, 0.15) is 12.0 Å². The van der Waals surface area contributed by atoms with Crippen molar-refractivity contribution in [2.75, 3.05) is 5.32 Å². The van der Waals surface area contributed by atoms with Gasteiger partial charge in [0, 0.05) is 10.2 Å². The monoisotopic (exact) mass is 321 g/mol. The van der Waals surface area contributed by atoms with E-state index in [0.29, 0.717) is 6.42 Å². The standard InChI is InChI=1S/C11H10BrCl2NO/c1-6-4-7(2-3-9(6)12)15-10(16)8-5-11(8,13)14/h2-4,8H,5H2,1H3,(H,15,16)/t8-/m1/s1. The van der Waals surface area contributed by atoms with E-state index in [9.17, 15) is 4.79 Å². The van der Waals surface area contributed by atoms with Crippen molar-refractivity contribution in [3.8, 4) is 0 Å². The Hall–Kier alpha value is -0.250. The summed E-state index contributed by atoms with van der Waals surface area (Å²) in [6.45, 7) is 1.96. The van der Waals surface area contributed by atoms with E-state index < -0.39 is 4.33 Å². The van der Waals surface area contributed by atoms with Crippen LogP contribution < -0.4 is 5.32 Å². The highest BCUT2D eigenvalue weighted by Crippen LogP contribution is 2.53. The molecule has 16 heavy (non-hydrogen) atoms. The molecule has 1 N–H and O–H groups in total. The van der Waals surface area contributed by atoms with Gasteiger partial charge >= 0.3 is 0 Å². The van der Waals surface area contributed by atoms with E-state index in [-0.39, 0.29) is 11.8 Å². The molecule has 1 aromatic carbocycles. The number of nitrogens with one attached hydrogen (secondary N) is 1. The van der Waals surface area contributed by atoms with Gasteiger partial charge in [-0.25, -0.2) is 0 Å². The lowest BCUT2D eigenvalue weighted by molar-refractivity contribution is -0.117. The van der Waals surface area contributed by atoms with Crippen molar-refractivity contribution in [3.05, 3.63) is 28.2 Å². The van der Waals surface area contributed by atoms with E-state index in [1.165, 1.54) is 0 Å². The van der Waals surface area contributed by atoms with Gasteiger partial charge in [-0.2, -0.15) is 0 Å².